The molecule has 0 spiro atoms. The molecule has 0 radical (unpaired) electrons. The average Bonchev–Trinajstić information content (AvgIpc) is 3.12. The number of phenols is 3. The van der Waals surface area contributed by atoms with E-state index in [2.05, 4.69) is 24.5 Å². The van der Waals surface area contributed by atoms with Crippen molar-refractivity contribution < 1.29 is 69.9 Å². The van der Waals surface area contributed by atoms with Crippen LogP contribution in [-0.2, 0) is 20.4 Å². The normalized spacial score (nSPS) is 12.5. The lowest BCUT2D eigenvalue weighted by molar-refractivity contribution is -0.343. The highest BCUT2D eigenvalue weighted by atomic mass is 19.4. The Hall–Kier alpha value is -5.42. The van der Waals surface area contributed by atoms with Gasteiger partial charge in [0.25, 0.3) is 11.8 Å². The molecule has 0 aromatic heterocycles. The number of carbonyl (C=O) groups is 3. The number of anilines is 2. The van der Waals surface area contributed by atoms with Crippen LogP contribution in [0.25, 0.3) is 0 Å². The number of nitrogens with one attached hydrogen (secondary N) is 3. The van der Waals surface area contributed by atoms with Crippen LogP contribution in [0.3, 0.4) is 0 Å². The number of halogens is 7. The minimum absolute atomic E-state index is 0.183. The van der Waals surface area contributed by atoms with Crippen LogP contribution in [0.1, 0.15) is 89.2 Å². The molecule has 0 aliphatic carbocycles. The Labute approximate surface area is 318 Å². The van der Waals surface area contributed by atoms with E-state index in [0.717, 1.165) is 35.0 Å². The molecule has 0 saturated carbocycles. The maximum atomic E-state index is 14.2. The maximum absolute atomic E-state index is 14.2. The molecule has 3 amide bonds. The Kier molecular flexibility index (Phi) is 13.5. The monoisotopic (exact) mass is 803 g/mol. The standard InChI is InChI=1S/C38H44F7N3O8/c1-8-13-46-32(53)20-14-26(50)31(52)29(15-20)56-28-18-23(48-33(54)36(39,40)37(41,42)38(43,44)45)25(49)17-24(28)47-30(51)19-55-27-12-11-21(34(4,5)9-2)16-22(27)35(6,7)10-3/h11-12,14-18,49-50,52H,8-10,13,19H2,1-7H3,(H,46,53)(H,47,51)(H,48,54). The summed E-state index contributed by atoms with van der Waals surface area (Å²) in [6.07, 6.45) is -4.81. The van der Waals surface area contributed by atoms with Gasteiger partial charge in [0, 0.05) is 29.8 Å². The predicted octanol–water partition coefficient (Wildman–Crippen LogP) is 8.90. The molecule has 0 saturated heterocycles. The van der Waals surface area contributed by atoms with Crippen molar-refractivity contribution in [3.05, 3.63) is 59.2 Å². The lowest BCUT2D eigenvalue weighted by atomic mass is 9.76. The molecule has 3 aromatic rings. The fourth-order valence-electron chi connectivity index (χ4n) is 4.96. The summed E-state index contributed by atoms with van der Waals surface area (Å²) in [4.78, 5) is 38.0. The predicted molar refractivity (Wildman–Crippen MR) is 192 cm³/mol. The van der Waals surface area contributed by atoms with Crippen LogP contribution in [0, 0.1) is 0 Å². The van der Waals surface area contributed by atoms with Crippen LogP contribution in [0.5, 0.6) is 34.5 Å². The van der Waals surface area contributed by atoms with E-state index in [4.69, 9.17) is 9.47 Å². The van der Waals surface area contributed by atoms with Crippen LogP contribution in [-0.4, -0.2) is 64.2 Å². The number of benzene rings is 3. The van der Waals surface area contributed by atoms with E-state index in [9.17, 15) is 60.4 Å². The van der Waals surface area contributed by atoms with Gasteiger partial charge in [-0.3, -0.25) is 14.4 Å². The molecule has 0 fully saturated rings. The number of ether oxygens (including phenoxy) is 2. The largest absolute Gasteiger partial charge is 0.506 e. The third-order valence-electron chi connectivity index (χ3n) is 9.34. The van der Waals surface area contributed by atoms with Crippen molar-refractivity contribution >= 4 is 29.1 Å². The molecule has 0 aliphatic heterocycles. The SMILES string of the molecule is CCCNC(=O)c1cc(O)c(O)c(Oc2cc(NC(=O)C(F)(F)C(F)(F)C(F)(F)F)c(O)cc2NC(=O)COc2ccc(C(C)(C)CC)cc2C(C)(C)CC)c1. The van der Waals surface area contributed by atoms with Crippen LogP contribution in [0.4, 0.5) is 42.1 Å². The zero-order valence-corrected chi connectivity index (χ0v) is 31.6. The van der Waals surface area contributed by atoms with Gasteiger partial charge in [-0.25, -0.2) is 0 Å². The van der Waals surface area contributed by atoms with Crippen LogP contribution < -0.4 is 25.4 Å². The fraction of sp³-hybridized carbons (Fsp3) is 0.447. The molecule has 308 valence electrons. The van der Waals surface area contributed by atoms with E-state index in [1.807, 2.05) is 39.8 Å². The second-order valence-electron chi connectivity index (χ2n) is 14.2. The lowest BCUT2D eigenvalue weighted by Gasteiger charge is -2.30. The highest BCUT2D eigenvalue weighted by Crippen LogP contribution is 2.48. The summed E-state index contributed by atoms with van der Waals surface area (Å²) in [6, 6.07) is 8.33. The number of hydrogen-bond acceptors (Lipinski definition) is 8. The van der Waals surface area contributed by atoms with Gasteiger partial charge in [0.2, 0.25) is 5.75 Å². The Bertz CT molecular complexity index is 1950. The molecular weight excluding hydrogens is 759 g/mol. The summed E-state index contributed by atoms with van der Waals surface area (Å²) in [6.45, 7) is 13.4. The van der Waals surface area contributed by atoms with Crippen molar-refractivity contribution in [2.75, 3.05) is 23.8 Å². The summed E-state index contributed by atoms with van der Waals surface area (Å²) in [5.74, 6) is -22.4. The first-order valence-corrected chi connectivity index (χ1v) is 17.3. The average molecular weight is 804 g/mol. The summed E-state index contributed by atoms with van der Waals surface area (Å²) in [5.41, 5.74) is -0.802. The minimum Gasteiger partial charge on any atom is -0.506 e. The van der Waals surface area contributed by atoms with Gasteiger partial charge in [-0.1, -0.05) is 60.6 Å². The van der Waals surface area contributed by atoms with Crippen molar-refractivity contribution in [3.8, 4) is 34.5 Å². The topological polar surface area (TPSA) is 166 Å². The van der Waals surface area contributed by atoms with Crippen molar-refractivity contribution in [1.82, 2.24) is 5.32 Å². The molecule has 6 N–H and O–H groups in total. The van der Waals surface area contributed by atoms with Gasteiger partial charge in [0.1, 0.15) is 11.5 Å². The van der Waals surface area contributed by atoms with E-state index < -0.39 is 87.9 Å². The summed E-state index contributed by atoms with van der Waals surface area (Å²) >= 11 is 0. The van der Waals surface area contributed by atoms with E-state index in [1.54, 1.807) is 13.0 Å². The number of alkyl halides is 7. The van der Waals surface area contributed by atoms with Gasteiger partial charge < -0.3 is 40.7 Å². The van der Waals surface area contributed by atoms with Gasteiger partial charge in [0.05, 0.1) is 11.4 Å². The minimum atomic E-state index is -6.85. The highest BCUT2D eigenvalue weighted by molar-refractivity contribution is 6.00. The van der Waals surface area contributed by atoms with Gasteiger partial charge in [-0.05, 0) is 53.9 Å². The Morgan fingerprint density at radius 1 is 0.714 bits per heavy atom. The van der Waals surface area contributed by atoms with E-state index in [-0.39, 0.29) is 17.5 Å². The molecule has 18 heteroatoms. The third-order valence-corrected chi connectivity index (χ3v) is 9.34. The van der Waals surface area contributed by atoms with E-state index >= 15 is 0 Å². The molecule has 0 bridgehead atoms. The number of rotatable bonds is 16. The quantitative estimate of drug-likeness (QED) is 0.0617. The van der Waals surface area contributed by atoms with Crippen molar-refractivity contribution in [1.29, 1.82) is 0 Å². The van der Waals surface area contributed by atoms with Crippen molar-refractivity contribution in [3.63, 3.8) is 0 Å². The van der Waals surface area contributed by atoms with Crippen LogP contribution >= 0.6 is 0 Å². The first-order chi connectivity index (χ1) is 25.7. The molecule has 0 unspecified atom stereocenters. The zero-order chi connectivity index (χ0) is 42.6. The maximum Gasteiger partial charge on any atom is 0.460 e. The van der Waals surface area contributed by atoms with Crippen LogP contribution in [0.15, 0.2) is 42.5 Å². The van der Waals surface area contributed by atoms with Crippen molar-refractivity contribution in [2.45, 2.75) is 96.6 Å². The zero-order valence-electron chi connectivity index (χ0n) is 31.6. The van der Waals surface area contributed by atoms with Crippen molar-refractivity contribution in [2.24, 2.45) is 0 Å². The second kappa shape index (κ2) is 16.8. The first kappa shape index (κ1) is 45.0. The van der Waals surface area contributed by atoms with E-state index in [1.165, 1.54) is 0 Å². The Morgan fingerprint density at radius 3 is 1.91 bits per heavy atom. The number of hydrogen-bond donors (Lipinski definition) is 6. The third kappa shape index (κ3) is 9.68. The van der Waals surface area contributed by atoms with Crippen LogP contribution in [0.2, 0.25) is 0 Å². The molecule has 3 aromatic carbocycles. The molecule has 0 aliphatic rings. The summed E-state index contributed by atoms with van der Waals surface area (Å²) in [5, 5.41) is 37.4. The number of carbonyl (C=O) groups excluding carboxylic acids is 3. The summed E-state index contributed by atoms with van der Waals surface area (Å²) in [7, 11) is 0. The van der Waals surface area contributed by atoms with Gasteiger partial charge in [-0.15, -0.1) is 0 Å². The van der Waals surface area contributed by atoms with Gasteiger partial charge in [0.15, 0.2) is 23.9 Å². The number of phenolic OH excluding ortho intramolecular Hbond substituents is 3. The van der Waals surface area contributed by atoms with Gasteiger partial charge in [-0.2, -0.15) is 30.7 Å². The molecule has 11 nitrogen and oxygen atoms in total. The first-order valence-electron chi connectivity index (χ1n) is 17.3. The number of aromatic hydroxyl groups is 3. The second-order valence-corrected chi connectivity index (χ2v) is 14.2. The molecule has 0 heterocycles. The smallest absolute Gasteiger partial charge is 0.460 e. The molecule has 3 rings (SSSR count). The Morgan fingerprint density at radius 2 is 1.34 bits per heavy atom. The highest BCUT2D eigenvalue weighted by Gasteiger charge is 2.76. The molecule has 56 heavy (non-hydrogen) atoms. The Balaban J connectivity index is 2.07. The fourth-order valence-corrected chi connectivity index (χ4v) is 4.96. The van der Waals surface area contributed by atoms with E-state index in [0.29, 0.717) is 30.7 Å². The number of amides is 3. The van der Waals surface area contributed by atoms with Gasteiger partial charge >= 0.3 is 23.9 Å². The molecular formula is C38H44F7N3O8. The lowest BCUT2D eigenvalue weighted by Crippen LogP contribution is -2.57. The summed E-state index contributed by atoms with van der Waals surface area (Å²) < 4.78 is 105. The molecule has 0 atom stereocenters.